The highest BCUT2D eigenvalue weighted by atomic mass is 31.2. The summed E-state index contributed by atoms with van der Waals surface area (Å²) in [6, 6.07) is 7.60. The molecule has 1 heterocycles. The van der Waals surface area contributed by atoms with E-state index in [2.05, 4.69) is 11.0 Å². The molecule has 0 aliphatic rings. The van der Waals surface area contributed by atoms with Crippen LogP contribution in [0.3, 0.4) is 0 Å². The van der Waals surface area contributed by atoms with Gasteiger partial charge in [0.2, 0.25) is 6.10 Å². The number of aromatic nitrogens is 2. The summed E-state index contributed by atoms with van der Waals surface area (Å²) in [7, 11) is -3.29. The van der Waals surface area contributed by atoms with Crippen molar-refractivity contribution in [3.05, 3.63) is 63.4 Å². The molecule has 0 aliphatic carbocycles. The SMILES string of the molecule is C#C[C@@](OC(C)=O)([C@H](OC(C)=O)[C@@H](COP(=O)(N[C@@H](C)C(=O)OCC)Oc1ccccc1)OC)n1ccc(=O)[nH]c1=O. The number of benzene rings is 1. The minimum atomic E-state index is -4.44. The number of rotatable bonds is 15. The molecule has 0 spiro atoms. The number of para-hydroxylation sites is 1. The van der Waals surface area contributed by atoms with Crippen molar-refractivity contribution in [3.63, 3.8) is 0 Å². The third-order valence-electron chi connectivity index (χ3n) is 5.38. The van der Waals surface area contributed by atoms with E-state index in [0.717, 1.165) is 33.2 Å². The lowest BCUT2D eigenvalue weighted by atomic mass is 10.0. The molecule has 2 N–H and O–H groups in total. The maximum Gasteiger partial charge on any atom is 0.459 e. The number of esters is 3. The fourth-order valence-corrected chi connectivity index (χ4v) is 5.13. The number of nitrogens with zero attached hydrogens (tertiary/aromatic N) is 1. The molecule has 16 heteroatoms. The first-order valence-corrected chi connectivity index (χ1v) is 14.0. The molecule has 15 nitrogen and oxygen atoms in total. The number of terminal acetylenes is 1. The number of hydrogen-bond donors (Lipinski definition) is 2. The molecule has 1 aromatic heterocycles. The normalized spacial score (nSPS) is 15.9. The zero-order valence-corrected chi connectivity index (χ0v) is 24.5. The summed E-state index contributed by atoms with van der Waals surface area (Å²) in [4.78, 5) is 63.1. The smallest absolute Gasteiger partial charge is 0.459 e. The summed E-state index contributed by atoms with van der Waals surface area (Å²) in [6.45, 7) is 4.27. The minimum Gasteiger partial charge on any atom is -0.465 e. The van der Waals surface area contributed by atoms with Crippen molar-refractivity contribution in [2.24, 2.45) is 0 Å². The minimum absolute atomic E-state index is 0.0554. The number of H-pyrrole nitrogens is 1. The molecule has 1 aromatic carbocycles. The van der Waals surface area contributed by atoms with Gasteiger partial charge in [-0.2, -0.15) is 5.09 Å². The molecule has 2 aromatic rings. The fourth-order valence-electron chi connectivity index (χ4n) is 3.63. The van der Waals surface area contributed by atoms with Gasteiger partial charge in [-0.25, -0.2) is 13.9 Å². The quantitative estimate of drug-likeness (QED) is 0.126. The van der Waals surface area contributed by atoms with Crippen LogP contribution in [0.1, 0.15) is 27.7 Å². The monoisotopic (exact) mass is 609 g/mol. The van der Waals surface area contributed by atoms with E-state index in [1.54, 1.807) is 25.1 Å². The molecule has 1 unspecified atom stereocenters. The largest absolute Gasteiger partial charge is 0.465 e. The van der Waals surface area contributed by atoms with Gasteiger partial charge >= 0.3 is 31.3 Å². The van der Waals surface area contributed by atoms with Gasteiger partial charge in [0.05, 0.1) is 13.2 Å². The van der Waals surface area contributed by atoms with E-state index in [4.69, 9.17) is 34.4 Å². The maximum atomic E-state index is 13.9. The summed E-state index contributed by atoms with van der Waals surface area (Å²) in [5.41, 5.74) is -4.43. The Balaban J connectivity index is 2.58. The summed E-state index contributed by atoms with van der Waals surface area (Å²) in [5, 5.41) is 2.47. The van der Waals surface area contributed by atoms with Crippen molar-refractivity contribution in [2.45, 2.75) is 51.7 Å². The molecule has 0 radical (unpaired) electrons. The van der Waals surface area contributed by atoms with Gasteiger partial charge in [-0.05, 0) is 31.9 Å². The van der Waals surface area contributed by atoms with Crippen molar-refractivity contribution < 1.29 is 46.9 Å². The van der Waals surface area contributed by atoms with Crippen LogP contribution in [0.5, 0.6) is 5.75 Å². The van der Waals surface area contributed by atoms with Crippen LogP contribution in [-0.2, 0) is 48.1 Å². The first kappa shape index (κ1) is 34.0. The highest BCUT2D eigenvalue weighted by Crippen LogP contribution is 2.45. The van der Waals surface area contributed by atoms with Crippen molar-refractivity contribution in [2.75, 3.05) is 20.3 Å². The van der Waals surface area contributed by atoms with Crippen molar-refractivity contribution in [1.82, 2.24) is 14.6 Å². The Morgan fingerprint density at radius 2 is 1.81 bits per heavy atom. The lowest BCUT2D eigenvalue weighted by molar-refractivity contribution is -0.209. The zero-order valence-electron chi connectivity index (χ0n) is 23.6. The molecule has 0 aliphatic heterocycles. The summed E-state index contributed by atoms with van der Waals surface area (Å²) in [6.07, 6.45) is 3.36. The van der Waals surface area contributed by atoms with Crippen LogP contribution in [-0.4, -0.2) is 66.0 Å². The third-order valence-corrected chi connectivity index (χ3v) is 7.02. The van der Waals surface area contributed by atoms with Crippen LogP contribution >= 0.6 is 7.75 Å². The van der Waals surface area contributed by atoms with Gasteiger partial charge in [0.1, 0.15) is 17.9 Å². The number of nitrogens with one attached hydrogen (secondary N) is 2. The Morgan fingerprint density at radius 3 is 2.33 bits per heavy atom. The average Bonchev–Trinajstić information content (AvgIpc) is 2.92. The van der Waals surface area contributed by atoms with E-state index in [9.17, 15) is 28.5 Å². The average molecular weight is 610 g/mol. The zero-order chi connectivity index (χ0) is 31.5. The number of methoxy groups -OCH3 is 1. The first-order valence-electron chi connectivity index (χ1n) is 12.4. The molecular weight excluding hydrogens is 577 g/mol. The lowest BCUT2D eigenvalue weighted by Gasteiger charge is -2.39. The molecule has 0 fully saturated rings. The third kappa shape index (κ3) is 8.89. The van der Waals surface area contributed by atoms with E-state index in [1.807, 2.05) is 4.98 Å². The summed E-state index contributed by atoms with van der Waals surface area (Å²) in [5.74, 6) is -0.437. The molecule has 0 amide bonds. The van der Waals surface area contributed by atoms with Crippen molar-refractivity contribution in [3.8, 4) is 18.1 Å². The van der Waals surface area contributed by atoms with E-state index in [-0.39, 0.29) is 12.4 Å². The van der Waals surface area contributed by atoms with Crippen molar-refractivity contribution >= 4 is 25.7 Å². The Labute approximate surface area is 241 Å². The van der Waals surface area contributed by atoms with Gasteiger partial charge in [-0.1, -0.05) is 18.2 Å². The van der Waals surface area contributed by atoms with Gasteiger partial charge in [0, 0.05) is 33.2 Å². The Hall–Kier alpha value is -4.22. The van der Waals surface area contributed by atoms with Crippen LogP contribution in [0.25, 0.3) is 0 Å². The van der Waals surface area contributed by atoms with E-state index >= 15 is 0 Å². The van der Waals surface area contributed by atoms with Gasteiger partial charge in [0.15, 0.2) is 0 Å². The van der Waals surface area contributed by atoms with E-state index < -0.39 is 67.5 Å². The molecule has 42 heavy (non-hydrogen) atoms. The highest BCUT2D eigenvalue weighted by Gasteiger charge is 2.51. The Morgan fingerprint density at radius 1 is 1.14 bits per heavy atom. The predicted molar refractivity (Wildman–Crippen MR) is 146 cm³/mol. The van der Waals surface area contributed by atoms with Crippen LogP contribution < -0.4 is 20.9 Å². The van der Waals surface area contributed by atoms with Crippen LogP contribution in [0.15, 0.2) is 52.2 Å². The maximum absolute atomic E-state index is 13.9. The van der Waals surface area contributed by atoms with Gasteiger partial charge in [-0.15, -0.1) is 6.42 Å². The Kier molecular flexibility index (Phi) is 12.2. The fraction of sp³-hybridized carbons (Fsp3) is 0.423. The van der Waals surface area contributed by atoms with Crippen LogP contribution in [0.4, 0.5) is 0 Å². The number of ether oxygens (including phenoxy) is 4. The van der Waals surface area contributed by atoms with Crippen molar-refractivity contribution in [1.29, 1.82) is 0 Å². The van der Waals surface area contributed by atoms with Crippen LogP contribution in [0.2, 0.25) is 0 Å². The molecule has 5 atom stereocenters. The number of aromatic amines is 1. The molecule has 0 saturated carbocycles. The number of carbonyl (C=O) groups is 3. The predicted octanol–water partition coefficient (Wildman–Crippen LogP) is 1.08. The van der Waals surface area contributed by atoms with Gasteiger partial charge in [-0.3, -0.25) is 28.7 Å². The summed E-state index contributed by atoms with van der Waals surface area (Å²) < 4.78 is 46.9. The highest BCUT2D eigenvalue weighted by molar-refractivity contribution is 7.52. The van der Waals surface area contributed by atoms with E-state index in [0.29, 0.717) is 4.57 Å². The molecular formula is C26H32N3O12P. The Bertz CT molecular complexity index is 1450. The molecule has 0 saturated heterocycles. The second-order valence-corrected chi connectivity index (χ2v) is 10.2. The molecule has 2 rings (SSSR count). The van der Waals surface area contributed by atoms with Gasteiger partial charge in [0.25, 0.3) is 11.3 Å². The van der Waals surface area contributed by atoms with Crippen LogP contribution in [0, 0.1) is 12.3 Å². The number of hydrogen-bond acceptors (Lipinski definition) is 12. The summed E-state index contributed by atoms with van der Waals surface area (Å²) >= 11 is 0. The second kappa shape index (κ2) is 15.1. The number of carbonyl (C=O) groups excluding carboxylic acids is 3. The molecule has 0 bridgehead atoms. The topological polar surface area (TPSA) is 191 Å². The second-order valence-electron chi connectivity index (χ2n) is 8.52. The first-order chi connectivity index (χ1) is 19.8. The molecule has 228 valence electrons. The lowest BCUT2D eigenvalue weighted by Crippen LogP contribution is -2.59. The van der Waals surface area contributed by atoms with E-state index in [1.165, 1.54) is 19.1 Å². The van der Waals surface area contributed by atoms with Gasteiger partial charge < -0.3 is 23.5 Å². The standard InChI is InChI=1S/C26H32N3O12P/c1-7-26(40-19(5)31,29-15-14-22(32)27-25(29)34)23(39-18(4)30)21(36-6)16-38-42(35,28-17(3)24(33)37-8-2)41-20-12-10-9-11-13-20/h1,9-15,17,21,23H,8,16H2,2-6H3,(H,28,35)(H,27,32,34)/t17-,21+,23+,26+,42?/m0/s1.